The van der Waals surface area contributed by atoms with Crippen LogP contribution >= 0.6 is 0 Å². The molecule has 112 valence electrons. The first-order chi connectivity index (χ1) is 10.1. The molecule has 0 aliphatic carbocycles. The molecule has 2 rings (SSSR count). The largest absolute Gasteiger partial charge is 0.355 e. The van der Waals surface area contributed by atoms with Gasteiger partial charge in [-0.05, 0) is 36.5 Å². The number of benzene rings is 1. The van der Waals surface area contributed by atoms with E-state index in [4.69, 9.17) is 5.73 Å². The van der Waals surface area contributed by atoms with Gasteiger partial charge in [0.15, 0.2) is 0 Å². The van der Waals surface area contributed by atoms with Gasteiger partial charge in [-0.3, -0.25) is 0 Å². The molecule has 1 heterocycles. The van der Waals surface area contributed by atoms with E-state index in [0.29, 0.717) is 0 Å². The summed E-state index contributed by atoms with van der Waals surface area (Å²) in [5.41, 5.74) is 9.73. The lowest BCUT2D eigenvalue weighted by Crippen LogP contribution is -2.22. The van der Waals surface area contributed by atoms with Gasteiger partial charge in [-0.15, -0.1) is 0 Å². The lowest BCUT2D eigenvalue weighted by Gasteiger charge is -2.21. The van der Waals surface area contributed by atoms with Gasteiger partial charge in [0, 0.05) is 25.8 Å². The van der Waals surface area contributed by atoms with Crippen molar-refractivity contribution in [3.63, 3.8) is 0 Å². The third kappa shape index (κ3) is 4.30. The van der Waals surface area contributed by atoms with Crippen LogP contribution in [0.3, 0.4) is 0 Å². The van der Waals surface area contributed by atoms with Crippen LogP contribution in [0.1, 0.15) is 30.0 Å². The van der Waals surface area contributed by atoms with Crippen molar-refractivity contribution in [1.82, 2.24) is 4.98 Å². The minimum atomic E-state index is 0.221. The molecule has 0 saturated carbocycles. The molecular weight excluding hydrogens is 258 g/mol. The predicted molar refractivity (Wildman–Crippen MR) is 89.5 cm³/mol. The summed E-state index contributed by atoms with van der Waals surface area (Å²) in [4.78, 5) is 6.82. The van der Waals surface area contributed by atoms with Gasteiger partial charge in [0.2, 0.25) is 0 Å². The fraction of sp³-hybridized carbons (Fsp3) is 0.389. The average Bonchev–Trinajstić information content (AvgIpc) is 2.48. The summed E-state index contributed by atoms with van der Waals surface area (Å²) >= 11 is 0. The van der Waals surface area contributed by atoms with Crippen molar-refractivity contribution in [2.45, 2.75) is 39.3 Å². The molecule has 1 aromatic heterocycles. The first-order valence-corrected chi connectivity index (χ1v) is 7.56. The summed E-state index contributed by atoms with van der Waals surface area (Å²) in [5, 5.41) is 0. The van der Waals surface area contributed by atoms with Gasteiger partial charge < -0.3 is 10.6 Å². The molecule has 1 aromatic carbocycles. The zero-order valence-corrected chi connectivity index (χ0v) is 13.2. The Bertz CT molecular complexity index is 566. The van der Waals surface area contributed by atoms with Gasteiger partial charge in [-0.1, -0.05) is 43.3 Å². The van der Waals surface area contributed by atoms with E-state index in [1.54, 1.807) is 0 Å². The average molecular weight is 283 g/mol. The van der Waals surface area contributed by atoms with Gasteiger partial charge in [0.1, 0.15) is 5.82 Å². The number of aryl methyl sites for hydroxylation is 1. The lowest BCUT2D eigenvalue weighted by atomic mass is 10.0. The first kappa shape index (κ1) is 15.5. The molecule has 1 atom stereocenters. The van der Waals surface area contributed by atoms with Crippen LogP contribution in [-0.2, 0) is 13.0 Å². The highest BCUT2D eigenvalue weighted by molar-refractivity contribution is 5.47. The fourth-order valence-corrected chi connectivity index (χ4v) is 2.52. The van der Waals surface area contributed by atoms with Crippen molar-refractivity contribution in [1.29, 1.82) is 0 Å². The number of pyridine rings is 1. The summed E-state index contributed by atoms with van der Waals surface area (Å²) in [6, 6.07) is 12.9. The highest BCUT2D eigenvalue weighted by Gasteiger charge is 2.09. The van der Waals surface area contributed by atoms with E-state index in [0.717, 1.165) is 25.2 Å². The Hall–Kier alpha value is -1.87. The van der Waals surface area contributed by atoms with E-state index in [-0.39, 0.29) is 6.04 Å². The molecule has 0 radical (unpaired) electrons. The van der Waals surface area contributed by atoms with E-state index in [1.165, 1.54) is 16.7 Å². The number of hydrogen-bond donors (Lipinski definition) is 1. The predicted octanol–water partition coefficient (Wildman–Crippen LogP) is 3.31. The van der Waals surface area contributed by atoms with Crippen LogP contribution < -0.4 is 10.6 Å². The Labute approximate surface area is 127 Å². The van der Waals surface area contributed by atoms with Crippen molar-refractivity contribution in [3.05, 3.63) is 59.3 Å². The van der Waals surface area contributed by atoms with Gasteiger partial charge in [0.25, 0.3) is 0 Å². The van der Waals surface area contributed by atoms with Crippen molar-refractivity contribution in [2.24, 2.45) is 5.73 Å². The lowest BCUT2D eigenvalue weighted by molar-refractivity contribution is 0.644. The number of aromatic nitrogens is 1. The normalized spacial score (nSPS) is 12.2. The minimum absolute atomic E-state index is 0.221. The zero-order chi connectivity index (χ0) is 15.2. The van der Waals surface area contributed by atoms with Gasteiger partial charge in [-0.2, -0.15) is 0 Å². The molecule has 21 heavy (non-hydrogen) atoms. The Morgan fingerprint density at radius 2 is 1.90 bits per heavy atom. The van der Waals surface area contributed by atoms with Crippen molar-refractivity contribution in [2.75, 3.05) is 11.9 Å². The number of anilines is 1. The smallest absolute Gasteiger partial charge is 0.131 e. The molecule has 0 saturated heterocycles. The van der Waals surface area contributed by atoms with Crippen LogP contribution in [0.15, 0.2) is 42.6 Å². The quantitative estimate of drug-likeness (QED) is 0.884. The van der Waals surface area contributed by atoms with Crippen LogP contribution in [-0.4, -0.2) is 18.1 Å². The van der Waals surface area contributed by atoms with E-state index in [2.05, 4.69) is 61.1 Å². The van der Waals surface area contributed by atoms with Crippen molar-refractivity contribution in [3.8, 4) is 0 Å². The van der Waals surface area contributed by atoms with E-state index >= 15 is 0 Å². The Morgan fingerprint density at radius 3 is 2.52 bits per heavy atom. The summed E-state index contributed by atoms with van der Waals surface area (Å²) in [7, 11) is 2.08. The molecular formula is C18H25N3. The third-order valence-corrected chi connectivity index (χ3v) is 3.75. The second-order valence-electron chi connectivity index (χ2n) is 5.70. The third-order valence-electron chi connectivity index (χ3n) is 3.75. The molecule has 3 nitrogen and oxygen atoms in total. The Balaban J connectivity index is 2.09. The van der Waals surface area contributed by atoms with Crippen LogP contribution in [0.4, 0.5) is 5.82 Å². The fourth-order valence-electron chi connectivity index (χ4n) is 2.52. The molecule has 0 aliphatic heterocycles. The Morgan fingerprint density at radius 1 is 1.19 bits per heavy atom. The van der Waals surface area contributed by atoms with E-state index in [1.807, 2.05) is 12.3 Å². The van der Waals surface area contributed by atoms with Gasteiger partial charge in [-0.25, -0.2) is 4.98 Å². The van der Waals surface area contributed by atoms with Crippen LogP contribution in [0.5, 0.6) is 0 Å². The maximum Gasteiger partial charge on any atom is 0.131 e. The second-order valence-corrected chi connectivity index (χ2v) is 5.70. The summed E-state index contributed by atoms with van der Waals surface area (Å²) in [6.45, 7) is 5.10. The molecule has 0 bridgehead atoms. The summed E-state index contributed by atoms with van der Waals surface area (Å²) < 4.78 is 0. The zero-order valence-electron chi connectivity index (χ0n) is 13.2. The second kappa shape index (κ2) is 7.23. The molecule has 0 fully saturated rings. The first-order valence-electron chi connectivity index (χ1n) is 7.56. The van der Waals surface area contributed by atoms with Crippen molar-refractivity contribution < 1.29 is 0 Å². The number of nitrogens with zero attached hydrogens (tertiary/aromatic N) is 2. The van der Waals surface area contributed by atoms with Crippen molar-refractivity contribution >= 4 is 5.82 Å². The maximum absolute atomic E-state index is 6.02. The van der Waals surface area contributed by atoms with Crippen LogP contribution in [0, 0.1) is 6.92 Å². The molecule has 0 spiro atoms. The Kier molecular flexibility index (Phi) is 5.34. The molecule has 2 aromatic rings. The molecule has 2 N–H and O–H groups in total. The highest BCUT2D eigenvalue weighted by atomic mass is 15.2. The topological polar surface area (TPSA) is 42.1 Å². The monoisotopic (exact) mass is 283 g/mol. The maximum atomic E-state index is 6.02. The minimum Gasteiger partial charge on any atom is -0.355 e. The SMILES string of the molecule is CCC(N)Cc1cnc(N(C)Cc2ccccc2)c(C)c1. The molecule has 0 aliphatic rings. The highest BCUT2D eigenvalue weighted by Crippen LogP contribution is 2.19. The molecule has 3 heteroatoms. The summed E-state index contributed by atoms with van der Waals surface area (Å²) in [6.07, 6.45) is 3.85. The van der Waals surface area contributed by atoms with E-state index in [9.17, 15) is 0 Å². The van der Waals surface area contributed by atoms with E-state index < -0.39 is 0 Å². The number of rotatable bonds is 6. The van der Waals surface area contributed by atoms with Crippen LogP contribution in [0.2, 0.25) is 0 Å². The summed E-state index contributed by atoms with van der Waals surface area (Å²) in [5.74, 6) is 1.03. The number of nitrogens with two attached hydrogens (primary N) is 1. The van der Waals surface area contributed by atoms with Crippen LogP contribution in [0.25, 0.3) is 0 Å². The standard InChI is InChI=1S/C18H25N3/c1-4-17(19)11-16-10-14(2)18(20-12-16)21(3)13-15-8-6-5-7-9-15/h5-10,12,17H,4,11,13,19H2,1-3H3. The van der Waals surface area contributed by atoms with Gasteiger partial charge >= 0.3 is 0 Å². The molecule has 0 amide bonds. The molecule has 1 unspecified atom stereocenters. The number of hydrogen-bond acceptors (Lipinski definition) is 3. The van der Waals surface area contributed by atoms with Gasteiger partial charge in [0.05, 0.1) is 0 Å².